The SMILES string of the molecule is Cc1cc(C=NN2CC(=O)NC2=O)c2c(C)ccc(C(C)C)cc1-2. The van der Waals surface area contributed by atoms with E-state index in [1.165, 1.54) is 16.7 Å². The molecule has 0 spiro atoms. The van der Waals surface area contributed by atoms with Gasteiger partial charge in [-0.3, -0.25) is 10.1 Å². The molecular weight excluding hydrogens is 302 g/mol. The van der Waals surface area contributed by atoms with Crippen LogP contribution in [0.2, 0.25) is 0 Å². The summed E-state index contributed by atoms with van der Waals surface area (Å²) in [5.74, 6) is 0.121. The number of nitrogens with zero attached hydrogens (tertiary/aromatic N) is 2. The maximum Gasteiger partial charge on any atom is 0.344 e. The van der Waals surface area contributed by atoms with E-state index in [1.807, 2.05) is 0 Å². The van der Waals surface area contributed by atoms with E-state index in [0.717, 1.165) is 21.7 Å². The number of urea groups is 1. The number of carbonyl (C=O) groups excluding carboxylic acids is 2. The van der Waals surface area contributed by atoms with Crippen molar-refractivity contribution in [3.05, 3.63) is 46.5 Å². The lowest BCUT2D eigenvalue weighted by Crippen LogP contribution is -2.24. The molecule has 0 radical (unpaired) electrons. The van der Waals surface area contributed by atoms with E-state index in [-0.39, 0.29) is 12.5 Å². The van der Waals surface area contributed by atoms with Gasteiger partial charge in [0.25, 0.3) is 0 Å². The quantitative estimate of drug-likeness (QED) is 0.695. The number of amides is 3. The van der Waals surface area contributed by atoms with Crippen LogP contribution in [0.25, 0.3) is 11.1 Å². The van der Waals surface area contributed by atoms with E-state index in [0.29, 0.717) is 5.92 Å². The highest BCUT2D eigenvalue weighted by molar-refractivity contribution is 6.02. The molecule has 1 N–H and O–H groups in total. The maximum absolute atomic E-state index is 11.6. The molecule has 3 rings (SSSR count). The summed E-state index contributed by atoms with van der Waals surface area (Å²) < 4.78 is 0. The second kappa shape index (κ2) is 6.07. The number of fused-ring (bicyclic) bond motifs is 1. The van der Waals surface area contributed by atoms with Gasteiger partial charge in [-0.05, 0) is 53.6 Å². The molecule has 2 aliphatic carbocycles. The largest absolute Gasteiger partial charge is 0.344 e. The summed E-state index contributed by atoms with van der Waals surface area (Å²) in [5, 5.41) is 7.55. The van der Waals surface area contributed by atoms with Gasteiger partial charge in [0.2, 0.25) is 5.91 Å². The Balaban J connectivity index is 2.02. The van der Waals surface area contributed by atoms with Crippen LogP contribution in [0.3, 0.4) is 0 Å². The second-order valence-electron chi connectivity index (χ2n) is 6.54. The molecule has 24 heavy (non-hydrogen) atoms. The standard InChI is InChI=1S/C19H21N3O2/c1-11(2)14-6-5-12(3)18-15(7-13(4)16(18)8-14)9-20-22-10-17(23)21-19(22)24/h5-9,11H,10H2,1-4H3,(H,21,23,24). The number of carbonyl (C=O) groups is 2. The van der Waals surface area contributed by atoms with Gasteiger partial charge in [0.15, 0.2) is 0 Å². The molecule has 3 amide bonds. The van der Waals surface area contributed by atoms with Gasteiger partial charge in [0.1, 0.15) is 6.54 Å². The van der Waals surface area contributed by atoms with E-state index in [9.17, 15) is 9.59 Å². The molecule has 5 nitrogen and oxygen atoms in total. The molecule has 0 saturated carbocycles. The van der Waals surface area contributed by atoms with Crippen molar-refractivity contribution in [3.63, 3.8) is 0 Å². The normalized spacial score (nSPS) is 15.1. The van der Waals surface area contributed by atoms with Gasteiger partial charge in [-0.2, -0.15) is 5.10 Å². The van der Waals surface area contributed by atoms with Gasteiger partial charge in [0, 0.05) is 5.56 Å². The average Bonchev–Trinajstić information content (AvgIpc) is 2.92. The molecule has 1 fully saturated rings. The van der Waals surface area contributed by atoms with Gasteiger partial charge in [-0.25, -0.2) is 9.80 Å². The summed E-state index contributed by atoms with van der Waals surface area (Å²) in [6.07, 6.45) is 1.66. The topological polar surface area (TPSA) is 61.8 Å². The lowest BCUT2D eigenvalue weighted by Gasteiger charge is -2.06. The third kappa shape index (κ3) is 2.89. The molecule has 0 aromatic carbocycles. The number of rotatable bonds is 3. The lowest BCUT2D eigenvalue weighted by molar-refractivity contribution is -0.118. The summed E-state index contributed by atoms with van der Waals surface area (Å²) in [4.78, 5) is 22.8. The molecule has 5 heteroatoms. The Kier molecular flexibility index (Phi) is 4.09. The van der Waals surface area contributed by atoms with Crippen molar-refractivity contribution in [2.24, 2.45) is 5.10 Å². The van der Waals surface area contributed by atoms with Crippen LogP contribution in [0, 0.1) is 13.8 Å². The zero-order valence-corrected chi connectivity index (χ0v) is 14.4. The molecule has 0 bridgehead atoms. The Labute approximate surface area is 141 Å². The van der Waals surface area contributed by atoms with Crippen molar-refractivity contribution in [1.82, 2.24) is 10.3 Å². The predicted octanol–water partition coefficient (Wildman–Crippen LogP) is 3.42. The molecule has 124 valence electrons. The van der Waals surface area contributed by atoms with Crippen LogP contribution in [0.5, 0.6) is 0 Å². The van der Waals surface area contributed by atoms with Crippen LogP contribution in [0.1, 0.15) is 42.0 Å². The van der Waals surface area contributed by atoms with Crippen LogP contribution in [-0.4, -0.2) is 29.7 Å². The van der Waals surface area contributed by atoms with E-state index in [4.69, 9.17) is 0 Å². The minimum absolute atomic E-state index is 0.0305. The third-order valence-corrected chi connectivity index (χ3v) is 4.36. The van der Waals surface area contributed by atoms with E-state index < -0.39 is 6.03 Å². The maximum atomic E-state index is 11.6. The van der Waals surface area contributed by atoms with Crippen LogP contribution >= 0.6 is 0 Å². The number of hydrogen-bond donors (Lipinski definition) is 1. The van der Waals surface area contributed by atoms with Crippen LogP contribution in [0.4, 0.5) is 4.79 Å². The molecule has 3 aliphatic rings. The van der Waals surface area contributed by atoms with E-state index in [1.54, 1.807) is 6.21 Å². The first-order chi connectivity index (χ1) is 11.4. The summed E-state index contributed by atoms with van der Waals surface area (Å²) in [5.41, 5.74) is 6.91. The predicted molar refractivity (Wildman–Crippen MR) is 94.5 cm³/mol. The van der Waals surface area contributed by atoms with Crippen molar-refractivity contribution in [2.45, 2.75) is 33.6 Å². The van der Waals surface area contributed by atoms with Gasteiger partial charge < -0.3 is 0 Å². The van der Waals surface area contributed by atoms with Crippen molar-refractivity contribution in [3.8, 4) is 11.1 Å². The van der Waals surface area contributed by atoms with Gasteiger partial charge in [0.05, 0.1) is 6.21 Å². The van der Waals surface area contributed by atoms with Gasteiger partial charge >= 0.3 is 6.03 Å². The zero-order valence-electron chi connectivity index (χ0n) is 14.4. The second-order valence-corrected chi connectivity index (χ2v) is 6.54. The fourth-order valence-corrected chi connectivity index (χ4v) is 3.00. The fraction of sp³-hybridized carbons (Fsp3) is 0.316. The first-order valence-corrected chi connectivity index (χ1v) is 8.06. The summed E-state index contributed by atoms with van der Waals surface area (Å²) in [6, 6.07) is 8.11. The highest BCUT2D eigenvalue weighted by Crippen LogP contribution is 2.35. The van der Waals surface area contributed by atoms with Crippen molar-refractivity contribution >= 4 is 18.2 Å². The zero-order chi connectivity index (χ0) is 17.4. The van der Waals surface area contributed by atoms with Gasteiger partial charge in [-0.15, -0.1) is 0 Å². The van der Waals surface area contributed by atoms with Gasteiger partial charge in [-0.1, -0.05) is 32.0 Å². The first kappa shape index (κ1) is 16.2. The Hall–Kier alpha value is -2.69. The molecule has 1 aliphatic heterocycles. The molecule has 0 unspecified atom stereocenters. The van der Waals surface area contributed by atoms with E-state index in [2.05, 4.69) is 62.4 Å². The molecule has 0 aromatic rings. The minimum atomic E-state index is -0.479. The Morgan fingerprint density at radius 2 is 1.92 bits per heavy atom. The summed E-state index contributed by atoms with van der Waals surface area (Å²) in [6.45, 7) is 8.49. The van der Waals surface area contributed by atoms with Crippen molar-refractivity contribution in [1.29, 1.82) is 0 Å². The third-order valence-electron chi connectivity index (χ3n) is 4.36. The smallest absolute Gasteiger partial charge is 0.275 e. The Morgan fingerprint density at radius 3 is 2.54 bits per heavy atom. The Bertz CT molecular complexity index is 824. The monoisotopic (exact) mass is 323 g/mol. The molecule has 1 saturated heterocycles. The summed E-state index contributed by atoms with van der Waals surface area (Å²) in [7, 11) is 0. The van der Waals surface area contributed by atoms with Crippen LogP contribution in [-0.2, 0) is 4.79 Å². The number of nitrogens with one attached hydrogen (secondary N) is 1. The molecular formula is C19H21N3O2. The average molecular weight is 323 g/mol. The Morgan fingerprint density at radius 1 is 1.17 bits per heavy atom. The number of hydrogen-bond acceptors (Lipinski definition) is 3. The number of aryl methyl sites for hydroxylation is 2. The number of hydrazone groups is 1. The molecule has 1 heterocycles. The fourth-order valence-electron chi connectivity index (χ4n) is 3.00. The minimum Gasteiger partial charge on any atom is -0.275 e. The van der Waals surface area contributed by atoms with Crippen LogP contribution in [0.15, 0.2) is 29.4 Å². The highest BCUT2D eigenvalue weighted by atomic mass is 16.2. The van der Waals surface area contributed by atoms with Crippen molar-refractivity contribution in [2.75, 3.05) is 6.54 Å². The van der Waals surface area contributed by atoms with Crippen molar-refractivity contribution < 1.29 is 9.59 Å². The first-order valence-electron chi connectivity index (χ1n) is 8.06. The van der Waals surface area contributed by atoms with E-state index >= 15 is 0 Å². The number of imide groups is 1. The summed E-state index contributed by atoms with van der Waals surface area (Å²) >= 11 is 0. The highest BCUT2D eigenvalue weighted by Gasteiger charge is 2.26. The lowest BCUT2D eigenvalue weighted by atomic mass is 10.0. The van der Waals surface area contributed by atoms with Crippen LogP contribution < -0.4 is 5.32 Å². The molecule has 0 atom stereocenters. The molecule has 0 aromatic heterocycles.